The molecule has 0 aliphatic carbocycles. The van der Waals surface area contributed by atoms with Gasteiger partial charge in [-0.25, -0.2) is 0 Å². The van der Waals surface area contributed by atoms with Gasteiger partial charge in [-0.05, 0) is 36.6 Å². The zero-order chi connectivity index (χ0) is 13.8. The Kier molecular flexibility index (Phi) is 4.96. The predicted molar refractivity (Wildman–Crippen MR) is 77.9 cm³/mol. The van der Waals surface area contributed by atoms with E-state index >= 15 is 0 Å². The van der Waals surface area contributed by atoms with Crippen LogP contribution in [0.15, 0.2) is 22.7 Å². The van der Waals surface area contributed by atoms with Crippen LogP contribution in [-0.4, -0.2) is 31.7 Å². The van der Waals surface area contributed by atoms with Crippen LogP contribution in [-0.2, 0) is 16.1 Å². The number of nitrogens with one attached hydrogen (secondary N) is 2. The molecule has 1 saturated heterocycles. The van der Waals surface area contributed by atoms with E-state index in [0.717, 1.165) is 23.0 Å². The minimum Gasteiger partial charge on any atom is -0.380 e. The second-order valence-electron chi connectivity index (χ2n) is 4.84. The zero-order valence-electron chi connectivity index (χ0n) is 11.2. The van der Waals surface area contributed by atoms with Gasteiger partial charge >= 0.3 is 0 Å². The Bertz CT molecular complexity index is 465. The number of ether oxygens (including phenoxy) is 1. The van der Waals surface area contributed by atoms with Gasteiger partial charge in [0.2, 0.25) is 5.91 Å². The number of hydrogen-bond acceptors (Lipinski definition) is 3. The maximum absolute atomic E-state index is 12.0. The van der Waals surface area contributed by atoms with Crippen LogP contribution in [0.25, 0.3) is 0 Å². The summed E-state index contributed by atoms with van der Waals surface area (Å²) in [5, 5.41) is 6.15. The number of carbonyl (C=O) groups is 1. The van der Waals surface area contributed by atoms with Crippen molar-refractivity contribution >= 4 is 21.8 Å². The van der Waals surface area contributed by atoms with Crippen LogP contribution in [0.2, 0.25) is 0 Å². The van der Waals surface area contributed by atoms with Crippen molar-refractivity contribution in [2.45, 2.75) is 32.0 Å². The molecule has 5 heteroatoms. The van der Waals surface area contributed by atoms with Crippen molar-refractivity contribution in [2.24, 2.45) is 0 Å². The molecule has 2 atom stereocenters. The SMILES string of the molecule is CO[C@@H]1CN[C@H](C(=O)NCc2ccc(Br)cc2C)C1. The average Bonchev–Trinajstić information content (AvgIpc) is 2.86. The maximum atomic E-state index is 12.0. The minimum atomic E-state index is -0.138. The normalized spacial score (nSPS) is 22.5. The number of hydrogen-bond donors (Lipinski definition) is 2. The summed E-state index contributed by atoms with van der Waals surface area (Å²) in [6.45, 7) is 3.35. The highest BCUT2D eigenvalue weighted by Crippen LogP contribution is 2.16. The number of amides is 1. The molecule has 0 unspecified atom stereocenters. The summed E-state index contributed by atoms with van der Waals surface area (Å²) in [7, 11) is 1.68. The molecular weight excluding hydrogens is 308 g/mol. The lowest BCUT2D eigenvalue weighted by molar-refractivity contribution is -0.123. The van der Waals surface area contributed by atoms with Gasteiger partial charge in [-0.1, -0.05) is 22.0 Å². The van der Waals surface area contributed by atoms with E-state index in [1.165, 1.54) is 5.56 Å². The van der Waals surface area contributed by atoms with Gasteiger partial charge in [-0.3, -0.25) is 4.79 Å². The van der Waals surface area contributed by atoms with Crippen molar-refractivity contribution in [2.75, 3.05) is 13.7 Å². The molecule has 0 spiro atoms. The summed E-state index contributed by atoms with van der Waals surface area (Å²) in [6, 6.07) is 5.93. The number of carbonyl (C=O) groups excluding carboxylic acids is 1. The molecule has 104 valence electrons. The van der Waals surface area contributed by atoms with Gasteiger partial charge in [0.25, 0.3) is 0 Å². The topological polar surface area (TPSA) is 50.4 Å². The van der Waals surface area contributed by atoms with Gasteiger partial charge < -0.3 is 15.4 Å². The summed E-state index contributed by atoms with van der Waals surface area (Å²) < 4.78 is 6.29. The summed E-state index contributed by atoms with van der Waals surface area (Å²) >= 11 is 3.43. The summed E-state index contributed by atoms with van der Waals surface area (Å²) in [4.78, 5) is 12.0. The minimum absolute atomic E-state index is 0.0434. The Balaban J connectivity index is 1.87. The van der Waals surface area contributed by atoms with Crippen molar-refractivity contribution in [1.82, 2.24) is 10.6 Å². The van der Waals surface area contributed by atoms with Crippen LogP contribution < -0.4 is 10.6 Å². The monoisotopic (exact) mass is 326 g/mol. The third kappa shape index (κ3) is 3.78. The molecule has 1 aromatic carbocycles. The van der Waals surface area contributed by atoms with Crippen molar-refractivity contribution in [3.8, 4) is 0 Å². The standard InChI is InChI=1S/C14H19BrN2O2/c1-9-5-11(15)4-3-10(9)7-17-14(18)13-6-12(19-2)8-16-13/h3-5,12-13,16H,6-8H2,1-2H3,(H,17,18)/t12-,13-/m0/s1. The lowest BCUT2D eigenvalue weighted by Gasteiger charge is -2.12. The van der Waals surface area contributed by atoms with Gasteiger partial charge in [0.1, 0.15) is 0 Å². The third-order valence-corrected chi connectivity index (χ3v) is 3.99. The number of methoxy groups -OCH3 is 1. The van der Waals surface area contributed by atoms with E-state index in [0.29, 0.717) is 6.54 Å². The summed E-state index contributed by atoms with van der Waals surface area (Å²) in [5.41, 5.74) is 2.31. The zero-order valence-corrected chi connectivity index (χ0v) is 12.8. The van der Waals surface area contributed by atoms with E-state index < -0.39 is 0 Å². The highest BCUT2D eigenvalue weighted by atomic mass is 79.9. The summed E-state index contributed by atoms with van der Waals surface area (Å²) in [6.07, 6.45) is 0.881. The van der Waals surface area contributed by atoms with E-state index in [1.54, 1.807) is 7.11 Å². The number of benzene rings is 1. The van der Waals surface area contributed by atoms with Crippen molar-refractivity contribution in [1.29, 1.82) is 0 Å². The fourth-order valence-corrected chi connectivity index (χ4v) is 2.72. The molecule has 2 rings (SSSR count). The molecule has 1 amide bonds. The Labute approximate surface area is 122 Å². The Hall–Kier alpha value is -0.910. The van der Waals surface area contributed by atoms with Crippen LogP contribution in [0.1, 0.15) is 17.5 Å². The molecule has 19 heavy (non-hydrogen) atoms. The molecule has 0 saturated carbocycles. The Morgan fingerprint density at radius 1 is 1.58 bits per heavy atom. The molecule has 1 heterocycles. The third-order valence-electron chi connectivity index (χ3n) is 3.50. The average molecular weight is 327 g/mol. The molecule has 1 aliphatic rings. The van der Waals surface area contributed by atoms with Crippen LogP contribution in [0.4, 0.5) is 0 Å². The molecule has 2 N–H and O–H groups in total. The molecule has 1 fully saturated rings. The lowest BCUT2D eigenvalue weighted by Crippen LogP contribution is -2.40. The number of rotatable bonds is 4. The molecule has 4 nitrogen and oxygen atoms in total. The fraction of sp³-hybridized carbons (Fsp3) is 0.500. The molecular formula is C14H19BrN2O2. The van der Waals surface area contributed by atoms with Crippen LogP contribution in [0.3, 0.4) is 0 Å². The Morgan fingerprint density at radius 3 is 3.00 bits per heavy atom. The van der Waals surface area contributed by atoms with Gasteiger partial charge in [-0.2, -0.15) is 0 Å². The largest absolute Gasteiger partial charge is 0.380 e. The van der Waals surface area contributed by atoms with E-state index in [1.807, 2.05) is 19.1 Å². The number of halogens is 1. The van der Waals surface area contributed by atoms with Gasteiger partial charge in [-0.15, -0.1) is 0 Å². The second-order valence-corrected chi connectivity index (χ2v) is 5.76. The molecule has 1 aliphatic heterocycles. The first kappa shape index (κ1) is 14.5. The van der Waals surface area contributed by atoms with Crippen LogP contribution in [0.5, 0.6) is 0 Å². The quantitative estimate of drug-likeness (QED) is 0.886. The van der Waals surface area contributed by atoms with Gasteiger partial charge in [0.05, 0.1) is 12.1 Å². The summed E-state index contributed by atoms with van der Waals surface area (Å²) in [5.74, 6) is 0.0434. The van der Waals surface area contributed by atoms with Crippen molar-refractivity contribution < 1.29 is 9.53 Å². The molecule has 1 aromatic rings. The first-order valence-corrected chi connectivity index (χ1v) is 7.18. The number of aryl methyl sites for hydroxylation is 1. The smallest absolute Gasteiger partial charge is 0.237 e. The van der Waals surface area contributed by atoms with Crippen molar-refractivity contribution in [3.05, 3.63) is 33.8 Å². The molecule has 0 aromatic heterocycles. The van der Waals surface area contributed by atoms with Crippen molar-refractivity contribution in [3.63, 3.8) is 0 Å². The van der Waals surface area contributed by atoms with E-state index in [2.05, 4.69) is 32.6 Å². The van der Waals surface area contributed by atoms with Gasteiger partial charge in [0, 0.05) is 24.7 Å². The second kappa shape index (κ2) is 6.50. The predicted octanol–water partition coefficient (Wildman–Crippen LogP) is 1.75. The Morgan fingerprint density at radius 2 is 2.37 bits per heavy atom. The lowest BCUT2D eigenvalue weighted by atomic mass is 10.1. The van der Waals surface area contributed by atoms with E-state index in [-0.39, 0.29) is 18.1 Å². The fourth-order valence-electron chi connectivity index (χ4n) is 2.25. The molecule has 0 bridgehead atoms. The maximum Gasteiger partial charge on any atom is 0.237 e. The highest BCUT2D eigenvalue weighted by Gasteiger charge is 2.28. The first-order valence-electron chi connectivity index (χ1n) is 6.39. The van der Waals surface area contributed by atoms with Crippen LogP contribution in [0, 0.1) is 6.92 Å². The first-order chi connectivity index (χ1) is 9.10. The van der Waals surface area contributed by atoms with Crippen LogP contribution >= 0.6 is 15.9 Å². The highest BCUT2D eigenvalue weighted by molar-refractivity contribution is 9.10. The van der Waals surface area contributed by atoms with E-state index in [9.17, 15) is 4.79 Å². The van der Waals surface area contributed by atoms with E-state index in [4.69, 9.17) is 4.74 Å². The van der Waals surface area contributed by atoms with Gasteiger partial charge in [0.15, 0.2) is 0 Å². The molecule has 0 radical (unpaired) electrons.